The maximum Gasteiger partial charge on any atom is 0.119 e. The molecule has 0 saturated heterocycles. The molecule has 0 aliphatic carbocycles. The fraction of sp³-hybridized carbons (Fsp3) is 0.0526. The number of methoxy groups -OCH3 is 2. The Labute approximate surface area is 368 Å². The van der Waals surface area contributed by atoms with E-state index in [0.29, 0.717) is 0 Å². The van der Waals surface area contributed by atoms with Crippen LogP contribution < -0.4 is 24.2 Å². The van der Waals surface area contributed by atoms with Gasteiger partial charge in [-0.05, 0) is 153 Å². The minimum absolute atomic E-state index is 0.814. The van der Waals surface area contributed by atoms with E-state index in [1.165, 1.54) is 10.9 Å². The van der Waals surface area contributed by atoms with Crippen LogP contribution in [0.5, 0.6) is 11.5 Å². The Morgan fingerprint density at radius 3 is 0.984 bits per heavy atom. The summed E-state index contributed by atoms with van der Waals surface area (Å²) in [5.41, 5.74) is 14.0. The summed E-state index contributed by atoms with van der Waals surface area (Å²) in [5.74, 6) is 1.63. The summed E-state index contributed by atoms with van der Waals surface area (Å²) in [6, 6.07) is 79.4. The van der Waals surface area contributed by atoms with E-state index in [4.69, 9.17) is 9.47 Å². The van der Waals surface area contributed by atoms with E-state index in [0.717, 1.165) is 84.8 Å². The molecule has 0 fully saturated rings. The maximum absolute atomic E-state index is 5.55. The molecule has 0 atom stereocenters. The van der Waals surface area contributed by atoms with E-state index in [2.05, 4.69) is 226 Å². The fourth-order valence-electron chi connectivity index (χ4n) is 8.53. The first-order valence-electron chi connectivity index (χ1n) is 21.2. The van der Waals surface area contributed by atoms with Crippen LogP contribution in [0, 0.1) is 6.92 Å². The van der Waals surface area contributed by atoms with Gasteiger partial charge in [0.05, 0.1) is 25.3 Å². The van der Waals surface area contributed by atoms with Gasteiger partial charge < -0.3 is 28.7 Å². The van der Waals surface area contributed by atoms with Crippen molar-refractivity contribution in [3.8, 4) is 17.2 Å². The second-order valence-corrected chi connectivity index (χ2v) is 15.5. The Bertz CT molecular complexity index is 3110. The molecule has 0 N–H and O–H groups in total. The number of fused-ring (bicyclic) bond motifs is 3. The summed E-state index contributed by atoms with van der Waals surface area (Å²) in [6.45, 7) is 2.13. The van der Waals surface area contributed by atoms with Gasteiger partial charge in [-0.1, -0.05) is 84.4 Å². The molecule has 0 aliphatic heterocycles. The summed E-state index contributed by atoms with van der Waals surface area (Å²) in [7, 11) is 3.40. The molecule has 0 saturated carbocycles. The second-order valence-electron chi connectivity index (χ2n) is 15.5. The van der Waals surface area contributed by atoms with Gasteiger partial charge in [0.25, 0.3) is 0 Å². The minimum atomic E-state index is 0.814. The van der Waals surface area contributed by atoms with Crippen molar-refractivity contribution in [1.29, 1.82) is 0 Å². The lowest BCUT2D eigenvalue weighted by molar-refractivity contribution is 0.414. The molecule has 0 aliphatic rings. The molecule has 0 radical (unpaired) electrons. The molecule has 0 spiro atoms. The third-order valence-corrected chi connectivity index (χ3v) is 11.6. The van der Waals surface area contributed by atoms with E-state index in [1.807, 2.05) is 24.3 Å². The molecule has 6 heteroatoms. The highest BCUT2D eigenvalue weighted by atomic mass is 16.5. The third kappa shape index (κ3) is 7.60. The smallest absolute Gasteiger partial charge is 0.119 e. The highest BCUT2D eigenvalue weighted by Crippen LogP contribution is 2.43. The molecular weight excluding hydrogens is 773 g/mol. The molecule has 63 heavy (non-hydrogen) atoms. The van der Waals surface area contributed by atoms with Crippen LogP contribution in [0.2, 0.25) is 0 Å². The zero-order valence-electron chi connectivity index (χ0n) is 35.5. The molecule has 0 bridgehead atoms. The number of aromatic nitrogens is 1. The molecular formula is C57H46N4O2. The molecule has 306 valence electrons. The van der Waals surface area contributed by atoms with E-state index in [1.54, 1.807) is 14.2 Å². The van der Waals surface area contributed by atoms with Gasteiger partial charge >= 0.3 is 0 Å². The van der Waals surface area contributed by atoms with E-state index in [9.17, 15) is 0 Å². The topological polar surface area (TPSA) is 33.1 Å². The van der Waals surface area contributed by atoms with E-state index < -0.39 is 0 Å². The first-order valence-corrected chi connectivity index (χ1v) is 21.2. The lowest BCUT2D eigenvalue weighted by Crippen LogP contribution is -2.10. The lowest BCUT2D eigenvalue weighted by atomic mass is 10.1. The average Bonchev–Trinajstić information content (AvgIpc) is 3.67. The second kappa shape index (κ2) is 17.0. The van der Waals surface area contributed by atoms with Gasteiger partial charge in [0, 0.05) is 67.6 Å². The van der Waals surface area contributed by atoms with Crippen molar-refractivity contribution in [2.24, 2.45) is 0 Å². The van der Waals surface area contributed by atoms with Crippen LogP contribution in [0.15, 0.2) is 224 Å². The lowest BCUT2D eigenvalue weighted by Gasteiger charge is -2.26. The van der Waals surface area contributed by atoms with Crippen LogP contribution in [-0.4, -0.2) is 18.8 Å². The Morgan fingerprint density at radius 1 is 0.317 bits per heavy atom. The summed E-state index contributed by atoms with van der Waals surface area (Å²) < 4.78 is 13.5. The normalized spacial score (nSPS) is 11.1. The SMILES string of the molecule is COc1ccc(N(c2ccccc2)c2ccc(-n3c4cc(N(c5ccccc5)c5ccc(C)cc5)ccc4c4ccc(N(c5ccccc5)c5ccc(OC)cc5)cc43)cc2)cc1. The Hall–Kier alpha value is -8.22. The van der Waals surface area contributed by atoms with Gasteiger partial charge in [-0.2, -0.15) is 0 Å². The van der Waals surface area contributed by atoms with Gasteiger partial charge in [-0.3, -0.25) is 0 Å². The summed E-state index contributed by atoms with van der Waals surface area (Å²) in [6.07, 6.45) is 0. The van der Waals surface area contributed by atoms with Crippen LogP contribution >= 0.6 is 0 Å². The summed E-state index contributed by atoms with van der Waals surface area (Å²) in [4.78, 5) is 6.91. The van der Waals surface area contributed by atoms with Crippen LogP contribution in [-0.2, 0) is 0 Å². The van der Waals surface area contributed by atoms with E-state index >= 15 is 0 Å². The fourth-order valence-corrected chi connectivity index (χ4v) is 8.53. The van der Waals surface area contributed by atoms with Crippen LogP contribution in [0.4, 0.5) is 51.2 Å². The van der Waals surface area contributed by atoms with Crippen molar-refractivity contribution in [3.63, 3.8) is 0 Å². The van der Waals surface area contributed by atoms with Crippen molar-refractivity contribution in [1.82, 2.24) is 4.57 Å². The van der Waals surface area contributed by atoms with Crippen LogP contribution in [0.25, 0.3) is 27.5 Å². The van der Waals surface area contributed by atoms with Crippen molar-refractivity contribution < 1.29 is 9.47 Å². The number of benzene rings is 9. The predicted octanol–water partition coefficient (Wildman–Crippen LogP) is 15.5. The van der Waals surface area contributed by atoms with Crippen molar-refractivity contribution in [2.75, 3.05) is 28.9 Å². The Morgan fingerprint density at radius 2 is 0.619 bits per heavy atom. The van der Waals surface area contributed by atoms with Gasteiger partial charge in [-0.15, -0.1) is 0 Å². The zero-order valence-corrected chi connectivity index (χ0v) is 35.5. The highest BCUT2D eigenvalue weighted by Gasteiger charge is 2.21. The van der Waals surface area contributed by atoms with Crippen LogP contribution in [0.1, 0.15) is 5.56 Å². The van der Waals surface area contributed by atoms with Crippen LogP contribution in [0.3, 0.4) is 0 Å². The molecule has 1 aromatic heterocycles. The van der Waals surface area contributed by atoms with Gasteiger partial charge in [-0.25, -0.2) is 0 Å². The minimum Gasteiger partial charge on any atom is -0.497 e. The molecule has 10 aromatic rings. The molecule has 9 aromatic carbocycles. The largest absolute Gasteiger partial charge is 0.497 e. The monoisotopic (exact) mass is 818 g/mol. The van der Waals surface area contributed by atoms with Gasteiger partial charge in [0.15, 0.2) is 0 Å². The van der Waals surface area contributed by atoms with Crippen molar-refractivity contribution >= 4 is 73.0 Å². The number of aryl methyl sites for hydroxylation is 1. The third-order valence-electron chi connectivity index (χ3n) is 11.6. The number of nitrogens with zero attached hydrogens (tertiary/aromatic N) is 4. The first-order chi connectivity index (χ1) is 31.1. The quantitative estimate of drug-likeness (QED) is 0.123. The maximum atomic E-state index is 5.55. The number of hydrogen-bond donors (Lipinski definition) is 0. The predicted molar refractivity (Wildman–Crippen MR) is 263 cm³/mol. The molecule has 0 unspecified atom stereocenters. The van der Waals surface area contributed by atoms with Crippen molar-refractivity contribution in [3.05, 3.63) is 230 Å². The number of hydrogen-bond acceptors (Lipinski definition) is 5. The molecule has 10 rings (SSSR count). The number of para-hydroxylation sites is 3. The Kier molecular flexibility index (Phi) is 10.5. The highest BCUT2D eigenvalue weighted by molar-refractivity contribution is 6.11. The number of rotatable bonds is 12. The average molecular weight is 819 g/mol. The van der Waals surface area contributed by atoms with Gasteiger partial charge in [0.2, 0.25) is 0 Å². The molecule has 0 amide bonds. The first kappa shape index (κ1) is 38.9. The number of anilines is 9. The standard InChI is InChI=1S/C57H46N4O2/c1-41-19-21-45(22-20-41)59(43-15-9-5-10-16-43)50-31-37-54-55-38-32-51(60(44-17-11-6-12-18-44)48-29-35-53(63-3)36-30-48)40-57(55)61(56(54)39-50)49-25-23-46(24-26-49)58(42-13-7-4-8-14-42)47-27-33-52(62-2)34-28-47/h4-40H,1-3H3. The molecule has 1 heterocycles. The Balaban J connectivity index is 1.18. The van der Waals surface area contributed by atoms with E-state index in [-0.39, 0.29) is 0 Å². The number of ether oxygens (including phenoxy) is 2. The van der Waals surface area contributed by atoms with Crippen molar-refractivity contribution in [2.45, 2.75) is 6.92 Å². The van der Waals surface area contributed by atoms with Gasteiger partial charge in [0.1, 0.15) is 11.5 Å². The summed E-state index contributed by atoms with van der Waals surface area (Å²) >= 11 is 0. The summed E-state index contributed by atoms with van der Waals surface area (Å²) in [5, 5.41) is 2.33. The molecule has 6 nitrogen and oxygen atoms in total. The zero-order chi connectivity index (χ0) is 42.7.